The number of urea groups is 1. The molecule has 0 aromatic rings. The van der Waals surface area contributed by atoms with Gasteiger partial charge in [-0.3, -0.25) is 0 Å². The first-order valence-electron chi connectivity index (χ1n) is 5.91. The Balaban J connectivity index is -0.0000000735. The monoisotopic (exact) mass is 449 g/mol. The third-order valence-corrected chi connectivity index (χ3v) is 1.86. The molecular formula is C12H32N3OPW. The van der Waals surface area contributed by atoms with Crippen LogP contribution in [0.25, 0.3) is 5.32 Å². The Kier molecular flexibility index (Phi) is 44.8. The molecule has 1 saturated heterocycles. The van der Waals surface area contributed by atoms with Crippen molar-refractivity contribution in [2.75, 3.05) is 26.7 Å². The molecule has 2 amide bonds. The van der Waals surface area contributed by atoms with E-state index in [1.54, 1.807) is 7.05 Å². The molecule has 1 rings (SSSR count). The Labute approximate surface area is 132 Å². The van der Waals surface area contributed by atoms with E-state index in [1.807, 2.05) is 27.7 Å². The summed E-state index contributed by atoms with van der Waals surface area (Å²) in [6.07, 6.45) is 1.12. The second-order valence-electron chi connectivity index (χ2n) is 2.74. The first-order chi connectivity index (χ1) is 7.33. The Bertz CT molecular complexity index is 145. The van der Waals surface area contributed by atoms with E-state index in [0.717, 1.165) is 26.1 Å². The Morgan fingerprint density at radius 2 is 1.78 bits per heavy atom. The number of rotatable bonds is 2. The summed E-state index contributed by atoms with van der Waals surface area (Å²) in [7, 11) is 1.62. The maximum atomic E-state index is 10.7. The van der Waals surface area contributed by atoms with E-state index in [0.29, 0.717) is 5.92 Å². The molecule has 0 aliphatic carbocycles. The van der Waals surface area contributed by atoms with E-state index < -0.39 is 0 Å². The van der Waals surface area contributed by atoms with E-state index in [4.69, 9.17) is 0 Å². The topological polar surface area (TPSA) is 55.2 Å². The number of amides is 2. The van der Waals surface area contributed by atoms with Crippen molar-refractivity contribution in [1.29, 1.82) is 0 Å². The van der Waals surface area contributed by atoms with Gasteiger partial charge >= 0.3 is 27.1 Å². The molecule has 0 spiro atoms. The number of hydrogen-bond acceptors (Lipinski definition) is 1. The second-order valence-corrected chi connectivity index (χ2v) is 2.74. The smallest absolute Gasteiger partial charge is 0.662 e. The van der Waals surface area contributed by atoms with Gasteiger partial charge in [-0.25, -0.2) is 4.79 Å². The van der Waals surface area contributed by atoms with Gasteiger partial charge in [0, 0.05) is 13.6 Å². The van der Waals surface area contributed by atoms with Crippen molar-refractivity contribution in [3.05, 3.63) is 12.7 Å². The SMILES string of the molecule is CC.CC.CNC(=O)NCC1CC[N-]C1.P.[CH3-].[W+2]. The molecule has 0 aromatic carbocycles. The van der Waals surface area contributed by atoms with Crippen molar-refractivity contribution in [2.24, 2.45) is 5.92 Å². The van der Waals surface area contributed by atoms with E-state index in [-0.39, 0.29) is 44.4 Å². The molecule has 6 heteroatoms. The van der Waals surface area contributed by atoms with E-state index in [2.05, 4.69) is 16.0 Å². The van der Waals surface area contributed by atoms with Gasteiger partial charge in [0.15, 0.2) is 0 Å². The van der Waals surface area contributed by atoms with Crippen molar-refractivity contribution in [1.82, 2.24) is 10.6 Å². The summed E-state index contributed by atoms with van der Waals surface area (Å²) < 4.78 is 0. The minimum absolute atomic E-state index is 0. The number of carbonyl (C=O) groups excluding carboxylic acids is 1. The number of hydrogen-bond donors (Lipinski definition) is 2. The Hall–Kier alpha value is 0.348. The molecule has 1 fully saturated rings. The van der Waals surface area contributed by atoms with Gasteiger partial charge in [-0.1, -0.05) is 34.1 Å². The van der Waals surface area contributed by atoms with Crippen molar-refractivity contribution in [3.8, 4) is 0 Å². The Morgan fingerprint density at radius 1 is 1.28 bits per heavy atom. The van der Waals surface area contributed by atoms with Crippen LogP contribution in [0.4, 0.5) is 4.79 Å². The molecule has 1 aliphatic rings. The van der Waals surface area contributed by atoms with Gasteiger partial charge in [-0.15, -0.1) is 13.1 Å². The largest absolute Gasteiger partial charge is 2.00 e. The van der Waals surface area contributed by atoms with Crippen molar-refractivity contribution >= 4 is 15.9 Å². The molecular weight excluding hydrogens is 417 g/mol. The maximum Gasteiger partial charge on any atom is 2.00 e. The molecule has 0 aromatic heterocycles. The summed E-state index contributed by atoms with van der Waals surface area (Å²) in [5.74, 6) is 0.562. The average molecular weight is 449 g/mol. The van der Waals surface area contributed by atoms with Crippen LogP contribution in [-0.2, 0) is 21.1 Å². The maximum absolute atomic E-state index is 10.7. The van der Waals surface area contributed by atoms with Crippen molar-refractivity contribution < 1.29 is 25.9 Å². The number of nitrogens with one attached hydrogen (secondary N) is 2. The third-order valence-electron chi connectivity index (χ3n) is 1.86. The van der Waals surface area contributed by atoms with Gasteiger partial charge in [0.25, 0.3) is 0 Å². The molecule has 0 radical (unpaired) electrons. The zero-order chi connectivity index (χ0) is 12.1. The fourth-order valence-electron chi connectivity index (χ4n) is 1.13. The molecule has 1 aliphatic heterocycles. The molecule has 112 valence electrons. The van der Waals surface area contributed by atoms with Crippen molar-refractivity contribution in [3.63, 3.8) is 0 Å². The summed E-state index contributed by atoms with van der Waals surface area (Å²) in [5, 5.41) is 9.47. The van der Waals surface area contributed by atoms with Gasteiger partial charge in [0.1, 0.15) is 0 Å². The average Bonchev–Trinajstić information content (AvgIpc) is 2.84. The van der Waals surface area contributed by atoms with E-state index in [9.17, 15) is 4.79 Å². The zero-order valence-electron chi connectivity index (χ0n) is 12.9. The molecule has 1 heterocycles. The minimum Gasteiger partial charge on any atom is -0.662 e. The number of carbonyl (C=O) groups is 1. The molecule has 2 N–H and O–H groups in total. The molecule has 2 atom stereocenters. The van der Waals surface area contributed by atoms with Crippen LogP contribution in [0.15, 0.2) is 0 Å². The summed E-state index contributed by atoms with van der Waals surface area (Å²) in [5.41, 5.74) is 0. The van der Waals surface area contributed by atoms with Gasteiger partial charge in [0.2, 0.25) is 0 Å². The van der Waals surface area contributed by atoms with Gasteiger partial charge < -0.3 is 23.4 Å². The first-order valence-corrected chi connectivity index (χ1v) is 5.91. The van der Waals surface area contributed by atoms with Gasteiger partial charge in [-0.2, -0.15) is 9.90 Å². The summed E-state index contributed by atoms with van der Waals surface area (Å²) in [6, 6.07) is -0.100. The van der Waals surface area contributed by atoms with Crippen LogP contribution in [-0.4, -0.2) is 32.7 Å². The summed E-state index contributed by atoms with van der Waals surface area (Å²) in [6.45, 7) is 10.6. The molecule has 18 heavy (non-hydrogen) atoms. The minimum atomic E-state index is -0.100. The molecule has 4 nitrogen and oxygen atoms in total. The normalized spacial score (nSPS) is 14.8. The number of nitrogens with zero attached hydrogens (tertiary/aromatic N) is 1. The Morgan fingerprint density at radius 3 is 2.11 bits per heavy atom. The zero-order valence-corrected chi connectivity index (χ0v) is 17.2. The third kappa shape index (κ3) is 18.7. The molecule has 0 bridgehead atoms. The molecule has 0 saturated carbocycles. The fraction of sp³-hybridized carbons (Fsp3) is 0.833. The predicted molar refractivity (Wildman–Crippen MR) is 83.9 cm³/mol. The van der Waals surface area contributed by atoms with E-state index in [1.165, 1.54) is 0 Å². The van der Waals surface area contributed by atoms with Crippen molar-refractivity contribution in [2.45, 2.75) is 34.1 Å². The standard InChI is InChI=1S/C7H14N3O.2C2H6.CH3.H3P.W/c1-8-7(11)10-5-6-2-3-9-4-6;2*1-2;;;/h6H,2-5H2,1H3,(H2,8,10,11);2*1-2H3;2*1H3;/q-1;;;-1;;+2. The van der Waals surface area contributed by atoms with E-state index >= 15 is 0 Å². The van der Waals surface area contributed by atoms with Crippen LogP contribution >= 0.6 is 9.90 Å². The van der Waals surface area contributed by atoms with Crippen LogP contribution in [0, 0.1) is 13.3 Å². The van der Waals surface area contributed by atoms with Gasteiger partial charge in [-0.05, 0) is 5.92 Å². The quantitative estimate of drug-likeness (QED) is 0.495. The first kappa shape index (κ1) is 31.0. The second kappa shape index (κ2) is 26.0. The summed E-state index contributed by atoms with van der Waals surface area (Å²) in [4.78, 5) is 10.7. The molecule has 2 unspecified atom stereocenters. The van der Waals surface area contributed by atoms with Crippen LogP contribution < -0.4 is 10.6 Å². The van der Waals surface area contributed by atoms with Gasteiger partial charge in [0.05, 0.1) is 0 Å². The summed E-state index contributed by atoms with van der Waals surface area (Å²) >= 11 is 0. The van der Waals surface area contributed by atoms with Crippen LogP contribution in [0.3, 0.4) is 0 Å². The van der Waals surface area contributed by atoms with Crippen LogP contribution in [0.5, 0.6) is 0 Å². The van der Waals surface area contributed by atoms with Crippen LogP contribution in [0.1, 0.15) is 34.1 Å². The predicted octanol–water partition coefficient (Wildman–Crippen LogP) is 2.87. The fourth-order valence-corrected chi connectivity index (χ4v) is 1.13. The van der Waals surface area contributed by atoms with Crippen LogP contribution in [0.2, 0.25) is 0 Å².